The summed E-state index contributed by atoms with van der Waals surface area (Å²) in [5.74, 6) is -0.879. The molecule has 0 radical (unpaired) electrons. The normalized spacial score (nSPS) is 12.3. The van der Waals surface area contributed by atoms with Gasteiger partial charge < -0.3 is 14.2 Å². The Labute approximate surface area is 428 Å². The molecule has 0 rings (SSSR count). The minimum atomic E-state index is -0.780. The van der Waals surface area contributed by atoms with E-state index in [2.05, 4.69) is 69.4 Å². The first kappa shape index (κ1) is 66.4. The van der Waals surface area contributed by atoms with Gasteiger partial charge in [-0.05, 0) is 103 Å². The molecule has 0 fully saturated rings. The van der Waals surface area contributed by atoms with Crippen molar-refractivity contribution in [2.75, 3.05) is 13.2 Å². The van der Waals surface area contributed by atoms with Gasteiger partial charge in [0.15, 0.2) is 6.10 Å². The van der Waals surface area contributed by atoms with E-state index in [-0.39, 0.29) is 31.1 Å². The second-order valence-corrected chi connectivity index (χ2v) is 20.2. The number of carbonyl (C=O) groups is 3. The van der Waals surface area contributed by atoms with Gasteiger partial charge in [0, 0.05) is 19.3 Å². The average Bonchev–Trinajstić information content (AvgIpc) is 3.35. The molecule has 0 unspecified atom stereocenters. The highest BCUT2D eigenvalue weighted by molar-refractivity contribution is 5.71. The van der Waals surface area contributed by atoms with E-state index in [1.54, 1.807) is 0 Å². The van der Waals surface area contributed by atoms with Gasteiger partial charge in [-0.15, -0.1) is 0 Å². The third-order valence-electron chi connectivity index (χ3n) is 13.3. The second kappa shape index (κ2) is 57.9. The maximum Gasteiger partial charge on any atom is 0.306 e. The van der Waals surface area contributed by atoms with Crippen LogP contribution in [0.25, 0.3) is 0 Å². The molecule has 0 spiro atoms. The van der Waals surface area contributed by atoms with Crippen LogP contribution in [-0.4, -0.2) is 37.2 Å². The molecule has 69 heavy (non-hydrogen) atoms. The molecule has 0 saturated heterocycles. The summed E-state index contributed by atoms with van der Waals surface area (Å²) in [6, 6.07) is 0. The number of hydrogen-bond acceptors (Lipinski definition) is 6. The van der Waals surface area contributed by atoms with Gasteiger partial charge in [-0.1, -0.05) is 243 Å². The number of unbranched alkanes of at least 4 members (excludes halogenated alkanes) is 36. The number of rotatable bonds is 55. The van der Waals surface area contributed by atoms with Crippen molar-refractivity contribution in [3.63, 3.8) is 0 Å². The molecule has 0 aliphatic carbocycles. The summed E-state index contributed by atoms with van der Waals surface area (Å²) in [6.45, 7) is 6.63. The Morgan fingerprint density at radius 2 is 0.522 bits per heavy atom. The van der Waals surface area contributed by atoms with Crippen LogP contribution in [0.15, 0.2) is 48.6 Å². The molecule has 0 amide bonds. The predicted molar refractivity (Wildman–Crippen MR) is 298 cm³/mol. The highest BCUT2D eigenvalue weighted by Gasteiger charge is 2.19. The number of ether oxygens (including phenoxy) is 3. The number of hydrogen-bond donors (Lipinski definition) is 0. The van der Waals surface area contributed by atoms with Crippen LogP contribution in [-0.2, 0) is 28.6 Å². The van der Waals surface area contributed by atoms with E-state index >= 15 is 0 Å². The molecular weight excluding hydrogens is 853 g/mol. The smallest absolute Gasteiger partial charge is 0.306 e. The van der Waals surface area contributed by atoms with Crippen molar-refractivity contribution in [1.29, 1.82) is 0 Å². The lowest BCUT2D eigenvalue weighted by molar-refractivity contribution is -0.167. The molecule has 0 heterocycles. The second-order valence-electron chi connectivity index (χ2n) is 20.2. The zero-order valence-electron chi connectivity index (χ0n) is 46.1. The van der Waals surface area contributed by atoms with Crippen molar-refractivity contribution in [1.82, 2.24) is 0 Å². The van der Waals surface area contributed by atoms with Crippen LogP contribution in [0.4, 0.5) is 0 Å². The molecule has 0 N–H and O–H groups in total. The zero-order valence-corrected chi connectivity index (χ0v) is 46.1. The Bertz CT molecular complexity index is 1200. The SMILES string of the molecule is CCCCC/C=C\C/C=C\CCCCCCCCCC(=O)OC[C@H](COC(=O)CCCCCCCCC/C=C\CCCCCCCC)OC(=O)CCCCCCCCC/C=C\CCCCCCCC. The van der Waals surface area contributed by atoms with E-state index in [1.165, 1.54) is 205 Å². The molecular formula is C63H114O6. The van der Waals surface area contributed by atoms with Crippen LogP contribution in [0, 0.1) is 0 Å². The van der Waals surface area contributed by atoms with Crippen LogP contribution in [0.2, 0.25) is 0 Å². The van der Waals surface area contributed by atoms with E-state index in [4.69, 9.17) is 14.2 Å². The largest absolute Gasteiger partial charge is 0.462 e. The first-order valence-electron chi connectivity index (χ1n) is 30.1. The molecule has 0 aromatic heterocycles. The van der Waals surface area contributed by atoms with E-state index in [1.807, 2.05) is 0 Å². The molecule has 0 aromatic carbocycles. The van der Waals surface area contributed by atoms with Crippen LogP contribution in [0.5, 0.6) is 0 Å². The molecule has 1 atom stereocenters. The summed E-state index contributed by atoms with van der Waals surface area (Å²) in [7, 11) is 0. The van der Waals surface area contributed by atoms with Gasteiger partial charge in [0.25, 0.3) is 0 Å². The van der Waals surface area contributed by atoms with Crippen molar-refractivity contribution in [2.24, 2.45) is 0 Å². The number of esters is 3. The lowest BCUT2D eigenvalue weighted by Crippen LogP contribution is -2.30. The number of allylic oxidation sites excluding steroid dienone is 8. The molecule has 0 aliphatic rings. The maximum atomic E-state index is 12.9. The lowest BCUT2D eigenvalue weighted by Gasteiger charge is -2.18. The summed E-state index contributed by atoms with van der Waals surface area (Å²) < 4.78 is 16.9. The summed E-state index contributed by atoms with van der Waals surface area (Å²) in [6.07, 6.45) is 71.0. The standard InChI is InChI=1S/C63H114O6/c1-4-7-10-13-16-19-22-25-28-31-34-37-40-43-46-49-52-55-61(64)67-58-60(69-63(66)57-54-51-48-45-42-39-36-33-30-27-24-21-18-15-12-9-6-3)59-68-62(65)56-53-50-47-44-41-38-35-32-29-26-23-20-17-14-11-8-5-2/h16,19,25-30,60H,4-15,17-18,20-24,31-59H2,1-3H3/b19-16-,28-25-,29-26-,30-27-/t60-/m1/s1. The maximum absolute atomic E-state index is 12.9. The van der Waals surface area contributed by atoms with Gasteiger partial charge >= 0.3 is 17.9 Å². The van der Waals surface area contributed by atoms with Crippen LogP contribution in [0.1, 0.15) is 316 Å². The molecule has 6 heteroatoms. The molecule has 402 valence electrons. The van der Waals surface area contributed by atoms with E-state index in [9.17, 15) is 14.4 Å². The third kappa shape index (κ3) is 56.2. The van der Waals surface area contributed by atoms with Gasteiger partial charge in [-0.25, -0.2) is 0 Å². The molecule has 0 saturated carbocycles. The quantitative estimate of drug-likeness (QED) is 0.0262. The predicted octanol–water partition coefficient (Wildman–Crippen LogP) is 20.2. The number of carbonyl (C=O) groups excluding carboxylic acids is 3. The fraction of sp³-hybridized carbons (Fsp3) is 0.825. The monoisotopic (exact) mass is 967 g/mol. The zero-order chi connectivity index (χ0) is 50.0. The summed E-state index contributed by atoms with van der Waals surface area (Å²) in [5, 5.41) is 0. The van der Waals surface area contributed by atoms with Crippen molar-refractivity contribution >= 4 is 17.9 Å². The molecule has 6 nitrogen and oxygen atoms in total. The van der Waals surface area contributed by atoms with E-state index in [0.29, 0.717) is 19.3 Å². The van der Waals surface area contributed by atoms with Crippen molar-refractivity contribution in [2.45, 2.75) is 322 Å². The summed E-state index contributed by atoms with van der Waals surface area (Å²) in [5.41, 5.74) is 0. The Kier molecular flexibility index (Phi) is 55.7. The van der Waals surface area contributed by atoms with Gasteiger partial charge in [0.1, 0.15) is 13.2 Å². The highest BCUT2D eigenvalue weighted by atomic mass is 16.6. The van der Waals surface area contributed by atoms with Crippen molar-refractivity contribution in [3.05, 3.63) is 48.6 Å². The van der Waals surface area contributed by atoms with Crippen molar-refractivity contribution < 1.29 is 28.6 Å². The van der Waals surface area contributed by atoms with E-state index in [0.717, 1.165) is 70.6 Å². The fourth-order valence-electron chi connectivity index (χ4n) is 8.70. The first-order valence-corrected chi connectivity index (χ1v) is 30.1. The van der Waals surface area contributed by atoms with E-state index < -0.39 is 6.10 Å². The van der Waals surface area contributed by atoms with Gasteiger partial charge in [0.2, 0.25) is 0 Å². The van der Waals surface area contributed by atoms with Gasteiger partial charge in [0.05, 0.1) is 0 Å². The molecule has 0 bridgehead atoms. The Hall–Kier alpha value is -2.63. The third-order valence-corrected chi connectivity index (χ3v) is 13.3. The topological polar surface area (TPSA) is 78.9 Å². The lowest BCUT2D eigenvalue weighted by atomic mass is 10.1. The first-order chi connectivity index (χ1) is 34.0. The minimum absolute atomic E-state index is 0.0779. The Morgan fingerprint density at radius 1 is 0.290 bits per heavy atom. The summed E-state index contributed by atoms with van der Waals surface area (Å²) >= 11 is 0. The highest BCUT2D eigenvalue weighted by Crippen LogP contribution is 2.16. The molecule has 0 aromatic rings. The Balaban J connectivity index is 4.38. The van der Waals surface area contributed by atoms with Crippen molar-refractivity contribution in [3.8, 4) is 0 Å². The fourth-order valence-corrected chi connectivity index (χ4v) is 8.70. The average molecular weight is 968 g/mol. The van der Waals surface area contributed by atoms with Crippen LogP contribution < -0.4 is 0 Å². The minimum Gasteiger partial charge on any atom is -0.462 e. The van der Waals surface area contributed by atoms with Crippen LogP contribution in [0.3, 0.4) is 0 Å². The Morgan fingerprint density at radius 3 is 0.841 bits per heavy atom. The van der Waals surface area contributed by atoms with Crippen LogP contribution >= 0.6 is 0 Å². The molecule has 0 aliphatic heterocycles. The summed E-state index contributed by atoms with van der Waals surface area (Å²) in [4.78, 5) is 38.2. The van der Waals surface area contributed by atoms with Gasteiger partial charge in [-0.2, -0.15) is 0 Å². The van der Waals surface area contributed by atoms with Gasteiger partial charge in [-0.3, -0.25) is 14.4 Å².